The molecule has 0 aromatic heterocycles. The van der Waals surface area contributed by atoms with E-state index in [4.69, 9.17) is 20.9 Å². The standard InChI is InChI=1S/C21H23N3O5/c1-28-15-6-4-5-14(9-15)10-21(20(23)27)12-24(13-21)18(25)11-29-17-8-3-2-7-16(17)19(22)26/h2-9H,10-13H2,1H3,(H2,22,26)(H2,23,27). The molecule has 0 saturated carbocycles. The minimum absolute atomic E-state index is 0.202. The number of carbonyl (C=O) groups excluding carboxylic acids is 3. The normalized spacial score (nSPS) is 14.6. The number of likely N-dealkylation sites (tertiary alicyclic amines) is 1. The van der Waals surface area contributed by atoms with Crippen molar-refractivity contribution in [2.24, 2.45) is 16.9 Å². The first-order valence-electron chi connectivity index (χ1n) is 9.07. The molecule has 0 unspecified atom stereocenters. The summed E-state index contributed by atoms with van der Waals surface area (Å²) < 4.78 is 10.7. The SMILES string of the molecule is COc1cccc(CC2(C(N)=O)CN(C(=O)COc3ccccc3C(N)=O)C2)c1. The van der Waals surface area contributed by atoms with Crippen molar-refractivity contribution in [1.82, 2.24) is 4.90 Å². The van der Waals surface area contributed by atoms with Gasteiger partial charge in [-0.1, -0.05) is 24.3 Å². The summed E-state index contributed by atoms with van der Waals surface area (Å²) in [5, 5.41) is 0. The predicted molar refractivity (Wildman–Crippen MR) is 105 cm³/mol. The van der Waals surface area contributed by atoms with Crippen LogP contribution in [0.5, 0.6) is 11.5 Å². The molecule has 0 atom stereocenters. The van der Waals surface area contributed by atoms with E-state index in [1.165, 1.54) is 11.0 Å². The molecule has 0 spiro atoms. The van der Waals surface area contributed by atoms with Crippen LogP contribution in [0, 0.1) is 5.41 Å². The maximum Gasteiger partial charge on any atom is 0.260 e. The molecule has 2 aromatic rings. The number of primary amides is 2. The van der Waals surface area contributed by atoms with Gasteiger partial charge >= 0.3 is 0 Å². The number of hydrogen-bond acceptors (Lipinski definition) is 5. The van der Waals surface area contributed by atoms with E-state index in [2.05, 4.69) is 0 Å². The van der Waals surface area contributed by atoms with Gasteiger partial charge in [-0.25, -0.2) is 0 Å². The van der Waals surface area contributed by atoms with Gasteiger partial charge in [-0.15, -0.1) is 0 Å². The van der Waals surface area contributed by atoms with Crippen LogP contribution in [-0.4, -0.2) is 49.4 Å². The first-order valence-corrected chi connectivity index (χ1v) is 9.07. The van der Waals surface area contributed by atoms with Crippen molar-refractivity contribution in [2.75, 3.05) is 26.8 Å². The summed E-state index contributed by atoms with van der Waals surface area (Å²) in [7, 11) is 1.57. The van der Waals surface area contributed by atoms with Gasteiger partial charge in [0.1, 0.15) is 11.5 Å². The van der Waals surface area contributed by atoms with Gasteiger partial charge in [0.15, 0.2) is 6.61 Å². The highest BCUT2D eigenvalue weighted by atomic mass is 16.5. The van der Waals surface area contributed by atoms with E-state index in [1.807, 2.05) is 24.3 Å². The highest BCUT2D eigenvalue weighted by Gasteiger charge is 2.49. The molecule has 2 aromatic carbocycles. The third-order valence-electron chi connectivity index (χ3n) is 5.04. The van der Waals surface area contributed by atoms with Crippen LogP contribution >= 0.6 is 0 Å². The van der Waals surface area contributed by atoms with Crippen LogP contribution in [0.2, 0.25) is 0 Å². The first kappa shape index (κ1) is 20.2. The molecule has 0 radical (unpaired) electrons. The fourth-order valence-electron chi connectivity index (χ4n) is 3.42. The average molecular weight is 397 g/mol. The second kappa shape index (κ2) is 8.22. The van der Waals surface area contributed by atoms with Gasteiger partial charge in [0.25, 0.3) is 11.8 Å². The molecule has 1 aliphatic rings. The lowest BCUT2D eigenvalue weighted by Gasteiger charge is -2.48. The Hall–Kier alpha value is -3.55. The Bertz CT molecular complexity index is 937. The van der Waals surface area contributed by atoms with Gasteiger partial charge in [0.05, 0.1) is 18.1 Å². The Kier molecular flexibility index (Phi) is 5.72. The van der Waals surface area contributed by atoms with Crippen molar-refractivity contribution in [3.05, 3.63) is 59.7 Å². The zero-order valence-electron chi connectivity index (χ0n) is 16.1. The van der Waals surface area contributed by atoms with Crippen molar-refractivity contribution in [1.29, 1.82) is 0 Å². The van der Waals surface area contributed by atoms with E-state index >= 15 is 0 Å². The minimum Gasteiger partial charge on any atom is -0.497 e. The van der Waals surface area contributed by atoms with Crippen molar-refractivity contribution >= 4 is 17.7 Å². The second-order valence-corrected chi connectivity index (χ2v) is 7.07. The molecule has 8 nitrogen and oxygen atoms in total. The number of nitrogens with zero attached hydrogens (tertiary/aromatic N) is 1. The van der Waals surface area contributed by atoms with Gasteiger partial charge in [0.2, 0.25) is 5.91 Å². The Labute approximate surface area is 168 Å². The van der Waals surface area contributed by atoms with Gasteiger partial charge in [0, 0.05) is 13.1 Å². The third kappa shape index (κ3) is 4.31. The average Bonchev–Trinajstić information content (AvgIpc) is 2.68. The number of hydrogen-bond donors (Lipinski definition) is 2. The molecule has 152 valence electrons. The largest absolute Gasteiger partial charge is 0.497 e. The molecule has 1 heterocycles. The number of ether oxygens (including phenoxy) is 2. The first-order chi connectivity index (χ1) is 13.8. The lowest BCUT2D eigenvalue weighted by molar-refractivity contribution is -0.153. The predicted octanol–water partition coefficient (Wildman–Crippen LogP) is 0.730. The summed E-state index contributed by atoms with van der Waals surface area (Å²) in [6, 6.07) is 13.8. The molecule has 1 saturated heterocycles. The van der Waals surface area contributed by atoms with Gasteiger partial charge in [-0.2, -0.15) is 0 Å². The summed E-state index contributed by atoms with van der Waals surface area (Å²) in [4.78, 5) is 37.5. The maximum absolute atomic E-state index is 12.5. The number of benzene rings is 2. The van der Waals surface area contributed by atoms with E-state index in [9.17, 15) is 14.4 Å². The Balaban J connectivity index is 1.62. The molecular formula is C21H23N3O5. The zero-order chi connectivity index (χ0) is 21.0. The van der Waals surface area contributed by atoms with Crippen LogP contribution in [0.15, 0.2) is 48.5 Å². The molecule has 0 bridgehead atoms. The van der Waals surface area contributed by atoms with Gasteiger partial charge in [-0.05, 0) is 36.2 Å². The Morgan fingerprint density at radius 2 is 1.79 bits per heavy atom. The highest BCUT2D eigenvalue weighted by molar-refractivity contribution is 5.95. The quantitative estimate of drug-likeness (QED) is 0.679. The van der Waals surface area contributed by atoms with Crippen LogP contribution in [0.25, 0.3) is 0 Å². The van der Waals surface area contributed by atoms with E-state index in [-0.39, 0.29) is 36.9 Å². The summed E-state index contributed by atoms with van der Waals surface area (Å²) >= 11 is 0. The van der Waals surface area contributed by atoms with Crippen LogP contribution in [0.1, 0.15) is 15.9 Å². The number of methoxy groups -OCH3 is 1. The van der Waals surface area contributed by atoms with Gasteiger partial charge in [-0.3, -0.25) is 14.4 Å². The molecule has 3 rings (SSSR count). The lowest BCUT2D eigenvalue weighted by atomic mass is 9.74. The highest BCUT2D eigenvalue weighted by Crippen LogP contribution is 2.35. The molecule has 3 amide bonds. The molecular weight excluding hydrogens is 374 g/mol. The fourth-order valence-corrected chi connectivity index (χ4v) is 3.42. The summed E-state index contributed by atoms with van der Waals surface area (Å²) in [5.41, 5.74) is 11.2. The molecule has 4 N–H and O–H groups in total. The maximum atomic E-state index is 12.5. The second-order valence-electron chi connectivity index (χ2n) is 7.07. The topological polar surface area (TPSA) is 125 Å². The van der Waals surface area contributed by atoms with E-state index in [0.717, 1.165) is 5.56 Å². The van der Waals surface area contributed by atoms with Crippen LogP contribution in [0.4, 0.5) is 0 Å². The lowest BCUT2D eigenvalue weighted by Crippen LogP contribution is -2.65. The van der Waals surface area contributed by atoms with Crippen molar-refractivity contribution in [3.8, 4) is 11.5 Å². The summed E-state index contributed by atoms with van der Waals surface area (Å²) in [5.74, 6) is -0.457. The van der Waals surface area contributed by atoms with Crippen molar-refractivity contribution in [3.63, 3.8) is 0 Å². The molecule has 1 fully saturated rings. The minimum atomic E-state index is -0.826. The zero-order valence-corrected chi connectivity index (χ0v) is 16.1. The van der Waals surface area contributed by atoms with Crippen molar-refractivity contribution in [2.45, 2.75) is 6.42 Å². The van der Waals surface area contributed by atoms with Crippen LogP contribution in [-0.2, 0) is 16.0 Å². The number of para-hydroxylation sites is 1. The van der Waals surface area contributed by atoms with Crippen LogP contribution < -0.4 is 20.9 Å². The molecule has 1 aliphatic heterocycles. The van der Waals surface area contributed by atoms with Gasteiger partial charge < -0.3 is 25.8 Å². The molecule has 29 heavy (non-hydrogen) atoms. The van der Waals surface area contributed by atoms with E-state index in [1.54, 1.807) is 25.3 Å². The smallest absolute Gasteiger partial charge is 0.260 e. The Morgan fingerprint density at radius 1 is 1.07 bits per heavy atom. The van der Waals surface area contributed by atoms with Crippen LogP contribution in [0.3, 0.4) is 0 Å². The van der Waals surface area contributed by atoms with E-state index < -0.39 is 17.2 Å². The number of nitrogens with two attached hydrogens (primary N) is 2. The number of carbonyl (C=O) groups is 3. The third-order valence-corrected chi connectivity index (χ3v) is 5.04. The monoisotopic (exact) mass is 397 g/mol. The summed E-state index contributed by atoms with van der Waals surface area (Å²) in [6.07, 6.45) is 0.411. The number of amides is 3. The Morgan fingerprint density at radius 3 is 2.45 bits per heavy atom. The molecule has 8 heteroatoms. The summed E-state index contributed by atoms with van der Waals surface area (Å²) in [6.45, 7) is 0.150. The van der Waals surface area contributed by atoms with E-state index in [0.29, 0.717) is 12.2 Å². The van der Waals surface area contributed by atoms with Crippen molar-refractivity contribution < 1.29 is 23.9 Å². The fraction of sp³-hybridized carbons (Fsp3) is 0.286. The molecule has 0 aliphatic carbocycles. The number of rotatable bonds is 8.